The van der Waals surface area contributed by atoms with E-state index >= 15 is 0 Å². The minimum atomic E-state index is -4.73. The number of rotatable bonds is 1. The van der Waals surface area contributed by atoms with Gasteiger partial charge in [-0.3, -0.25) is 4.99 Å². The van der Waals surface area contributed by atoms with E-state index in [2.05, 4.69) is 31.2 Å². The number of alkyl halides is 3. The molecule has 0 saturated carbocycles. The van der Waals surface area contributed by atoms with Gasteiger partial charge in [-0.15, -0.1) is 0 Å². The van der Waals surface area contributed by atoms with Crippen LogP contribution in [0.15, 0.2) is 50.9 Å². The number of amidine groups is 2. The highest BCUT2D eigenvalue weighted by molar-refractivity contribution is 9.10. The number of para-hydroxylation sites is 1. The zero-order valence-electron chi connectivity index (χ0n) is 13.1. The highest BCUT2D eigenvalue weighted by Gasteiger charge is 2.34. The first-order chi connectivity index (χ1) is 12.3. The van der Waals surface area contributed by atoms with Crippen molar-refractivity contribution >= 4 is 44.7 Å². The number of nitrogens with zero attached hydrogens (tertiary/aromatic N) is 3. The molecular formula is C17H11BrF4N4. The molecule has 4 rings (SSSR count). The van der Waals surface area contributed by atoms with E-state index in [0.717, 1.165) is 16.2 Å². The molecule has 0 atom stereocenters. The Morgan fingerprint density at radius 3 is 2.69 bits per heavy atom. The first-order valence-corrected chi connectivity index (χ1v) is 8.47. The van der Waals surface area contributed by atoms with Crippen molar-refractivity contribution in [3.63, 3.8) is 0 Å². The molecule has 134 valence electrons. The van der Waals surface area contributed by atoms with Gasteiger partial charge in [0.05, 0.1) is 23.5 Å². The predicted molar refractivity (Wildman–Crippen MR) is 95.9 cm³/mol. The van der Waals surface area contributed by atoms with E-state index in [1.54, 1.807) is 0 Å². The van der Waals surface area contributed by atoms with Gasteiger partial charge >= 0.3 is 6.18 Å². The van der Waals surface area contributed by atoms with Crippen molar-refractivity contribution in [2.75, 3.05) is 23.3 Å². The molecule has 0 amide bonds. The molecule has 0 radical (unpaired) electrons. The SMILES string of the molecule is Fc1cc(NC2=Nc3cccc(Br)c3N3CCN=C23)ccc1C(F)(F)F. The third-order valence-corrected chi connectivity index (χ3v) is 4.70. The molecule has 0 aromatic heterocycles. The van der Waals surface area contributed by atoms with Crippen LogP contribution < -0.4 is 10.2 Å². The second-order valence-corrected chi connectivity index (χ2v) is 6.60. The van der Waals surface area contributed by atoms with Gasteiger partial charge in [0.25, 0.3) is 0 Å². The highest BCUT2D eigenvalue weighted by atomic mass is 79.9. The smallest absolute Gasteiger partial charge is 0.337 e. The minimum absolute atomic E-state index is 0.169. The zero-order chi connectivity index (χ0) is 18.5. The van der Waals surface area contributed by atoms with Crippen molar-refractivity contribution in [2.24, 2.45) is 9.98 Å². The lowest BCUT2D eigenvalue weighted by Gasteiger charge is -2.28. The number of nitrogens with one attached hydrogen (secondary N) is 1. The lowest BCUT2D eigenvalue weighted by atomic mass is 10.1. The number of benzene rings is 2. The summed E-state index contributed by atoms with van der Waals surface area (Å²) in [4.78, 5) is 10.9. The predicted octanol–water partition coefficient (Wildman–Crippen LogP) is 4.98. The van der Waals surface area contributed by atoms with Crippen LogP contribution in [0.1, 0.15) is 5.56 Å². The summed E-state index contributed by atoms with van der Waals surface area (Å²) in [6.07, 6.45) is -4.73. The van der Waals surface area contributed by atoms with Gasteiger partial charge in [0, 0.05) is 16.7 Å². The molecule has 2 aliphatic rings. The van der Waals surface area contributed by atoms with Gasteiger partial charge in [0.2, 0.25) is 0 Å². The molecule has 2 aromatic carbocycles. The van der Waals surface area contributed by atoms with Gasteiger partial charge in [0.1, 0.15) is 5.82 Å². The first-order valence-electron chi connectivity index (χ1n) is 7.68. The van der Waals surface area contributed by atoms with Crippen molar-refractivity contribution in [2.45, 2.75) is 6.18 Å². The maximum atomic E-state index is 13.8. The van der Waals surface area contributed by atoms with E-state index in [9.17, 15) is 17.6 Å². The molecular weight excluding hydrogens is 416 g/mol. The fourth-order valence-electron chi connectivity index (χ4n) is 2.94. The fraction of sp³-hybridized carbons (Fsp3) is 0.176. The number of hydrogen-bond donors (Lipinski definition) is 1. The third kappa shape index (κ3) is 2.86. The van der Waals surface area contributed by atoms with Crippen molar-refractivity contribution in [1.29, 1.82) is 0 Å². The Bertz CT molecular complexity index is 952. The van der Waals surface area contributed by atoms with Crippen LogP contribution in [0.3, 0.4) is 0 Å². The Balaban J connectivity index is 1.71. The second-order valence-electron chi connectivity index (χ2n) is 5.74. The second kappa shape index (κ2) is 6.08. The molecule has 26 heavy (non-hydrogen) atoms. The highest BCUT2D eigenvalue weighted by Crippen LogP contribution is 2.40. The van der Waals surface area contributed by atoms with Gasteiger partial charge in [-0.1, -0.05) is 6.07 Å². The average Bonchev–Trinajstić information content (AvgIpc) is 3.03. The molecule has 0 saturated heterocycles. The summed E-state index contributed by atoms with van der Waals surface area (Å²) < 4.78 is 52.8. The van der Waals surface area contributed by atoms with Crippen LogP contribution in [0.25, 0.3) is 0 Å². The van der Waals surface area contributed by atoms with Crippen LogP contribution in [0.2, 0.25) is 0 Å². The summed E-state index contributed by atoms with van der Waals surface area (Å²) in [6.45, 7) is 1.23. The van der Waals surface area contributed by atoms with E-state index < -0.39 is 17.6 Å². The van der Waals surface area contributed by atoms with Crippen LogP contribution in [0.4, 0.5) is 34.6 Å². The van der Waals surface area contributed by atoms with E-state index in [-0.39, 0.29) is 5.69 Å². The van der Waals surface area contributed by atoms with Crippen molar-refractivity contribution in [3.8, 4) is 0 Å². The molecule has 0 fully saturated rings. The van der Waals surface area contributed by atoms with Crippen LogP contribution >= 0.6 is 15.9 Å². The summed E-state index contributed by atoms with van der Waals surface area (Å²) in [5.41, 5.74) is 0.438. The minimum Gasteiger partial charge on any atom is -0.337 e. The maximum Gasteiger partial charge on any atom is 0.419 e. The average molecular weight is 427 g/mol. The third-order valence-electron chi connectivity index (χ3n) is 4.06. The van der Waals surface area contributed by atoms with Gasteiger partial charge in [0.15, 0.2) is 11.7 Å². The largest absolute Gasteiger partial charge is 0.419 e. The molecule has 0 unspecified atom stereocenters. The number of halogens is 5. The van der Waals surface area contributed by atoms with Gasteiger partial charge in [-0.2, -0.15) is 13.2 Å². The monoisotopic (exact) mass is 426 g/mol. The topological polar surface area (TPSA) is 40.0 Å². The summed E-state index contributed by atoms with van der Waals surface area (Å²) in [7, 11) is 0. The van der Waals surface area contributed by atoms with Crippen LogP contribution in [0, 0.1) is 5.82 Å². The van der Waals surface area contributed by atoms with Crippen molar-refractivity contribution in [3.05, 3.63) is 52.3 Å². The Hall–Kier alpha value is -2.42. The standard InChI is InChI=1S/C17H11BrF4N4/c18-11-2-1-3-13-14(11)26-7-6-23-16(26)15(25-13)24-9-4-5-10(12(19)8-9)17(20,21)22/h1-5,8H,6-7H2,(H,24,25). The molecule has 2 aromatic rings. The van der Waals surface area contributed by atoms with Crippen LogP contribution in [-0.4, -0.2) is 24.8 Å². The van der Waals surface area contributed by atoms with E-state index in [1.807, 2.05) is 23.1 Å². The molecule has 2 aliphatic heterocycles. The summed E-state index contributed by atoms with van der Waals surface area (Å²) in [5.74, 6) is -0.399. The molecule has 9 heteroatoms. The van der Waals surface area contributed by atoms with Gasteiger partial charge in [-0.25, -0.2) is 9.38 Å². The maximum absolute atomic E-state index is 13.8. The van der Waals surface area contributed by atoms with Crippen LogP contribution in [0.5, 0.6) is 0 Å². The van der Waals surface area contributed by atoms with Crippen LogP contribution in [-0.2, 0) is 6.18 Å². The Morgan fingerprint density at radius 2 is 1.96 bits per heavy atom. The van der Waals surface area contributed by atoms with Gasteiger partial charge < -0.3 is 10.2 Å². The van der Waals surface area contributed by atoms with E-state index in [1.165, 1.54) is 6.07 Å². The van der Waals surface area contributed by atoms with E-state index in [4.69, 9.17) is 0 Å². The summed E-state index contributed by atoms with van der Waals surface area (Å²) in [5, 5.41) is 2.89. The first kappa shape index (κ1) is 17.0. The number of hydrogen-bond acceptors (Lipinski definition) is 4. The Labute approximate surface area is 154 Å². The fourth-order valence-corrected chi connectivity index (χ4v) is 3.51. The van der Waals surface area contributed by atoms with Crippen molar-refractivity contribution in [1.82, 2.24) is 0 Å². The zero-order valence-corrected chi connectivity index (χ0v) is 14.7. The normalized spacial score (nSPS) is 16.0. The quantitative estimate of drug-likeness (QED) is 0.653. The molecule has 0 aliphatic carbocycles. The van der Waals surface area contributed by atoms with Crippen molar-refractivity contribution < 1.29 is 17.6 Å². The molecule has 0 bridgehead atoms. The molecule has 1 N–H and O–H groups in total. The molecule has 0 spiro atoms. The Morgan fingerprint density at radius 1 is 1.15 bits per heavy atom. The summed E-state index contributed by atoms with van der Waals surface area (Å²) in [6, 6.07) is 8.24. The molecule has 4 nitrogen and oxygen atoms in total. The number of fused-ring (bicyclic) bond motifs is 3. The Kier molecular flexibility index (Phi) is 3.98. The lowest BCUT2D eigenvalue weighted by Crippen LogP contribution is -2.39. The number of anilines is 2. The van der Waals surface area contributed by atoms with E-state index in [0.29, 0.717) is 36.5 Å². The number of aliphatic imine (C=N–C) groups is 2. The molecule has 2 heterocycles. The lowest BCUT2D eigenvalue weighted by molar-refractivity contribution is -0.139. The summed E-state index contributed by atoms with van der Waals surface area (Å²) >= 11 is 3.50. The van der Waals surface area contributed by atoms with Gasteiger partial charge in [-0.05, 0) is 46.3 Å².